The van der Waals surface area contributed by atoms with Crippen LogP contribution in [0.1, 0.15) is 0 Å². The molecule has 0 atom stereocenters. The fourth-order valence-corrected chi connectivity index (χ4v) is 10.8. The summed E-state index contributed by atoms with van der Waals surface area (Å²) >= 11 is 6.44. The van der Waals surface area contributed by atoms with E-state index in [-0.39, 0.29) is 0 Å². The Bertz CT molecular complexity index is 3450. The maximum Gasteiger partial charge on any atom is 0.135 e. The van der Waals surface area contributed by atoms with Crippen LogP contribution in [-0.4, -0.2) is 0 Å². The first-order valence-electron chi connectivity index (χ1n) is 18.1. The Morgan fingerprint density at radius 1 is 0.333 bits per heavy atom. The molecule has 0 bridgehead atoms. The number of rotatable bonds is 2. The highest BCUT2D eigenvalue weighted by atomic mass is 127. The molecule has 2 aromatic heterocycles. The van der Waals surface area contributed by atoms with Crippen molar-refractivity contribution in [3.05, 3.63) is 154 Å². The molecule has 0 radical (unpaired) electrons. The van der Waals surface area contributed by atoms with Crippen LogP contribution in [0.2, 0.25) is 0 Å². The lowest BCUT2D eigenvalue weighted by Crippen LogP contribution is -1.88. The van der Waals surface area contributed by atoms with Gasteiger partial charge >= 0.3 is 0 Å². The highest BCUT2D eigenvalue weighted by molar-refractivity contribution is 14.1. The average molecular weight is 864 g/mol. The molecule has 0 unspecified atom stereocenters. The van der Waals surface area contributed by atoms with Crippen LogP contribution in [0.25, 0.3) is 131 Å². The van der Waals surface area contributed by atoms with Gasteiger partial charge in [-0.2, -0.15) is 0 Å². The molecule has 0 aliphatic rings. The quantitative estimate of drug-likeness (QED) is 0.162. The smallest absolute Gasteiger partial charge is 0.135 e. The Morgan fingerprint density at radius 3 is 1.33 bits per heavy atom. The largest absolute Gasteiger partial charge is 0.456 e. The van der Waals surface area contributed by atoms with E-state index in [4.69, 9.17) is 8.83 Å². The number of furan rings is 2. The first kappa shape index (κ1) is 29.7. The predicted octanol–water partition coefficient (Wildman–Crippen LogP) is 16.0. The topological polar surface area (TPSA) is 26.3 Å². The molecule has 0 fully saturated rings. The number of halogens is 2. The number of para-hydroxylation sites is 2. The molecule has 4 heteroatoms. The van der Waals surface area contributed by atoms with E-state index in [1.807, 2.05) is 12.1 Å². The van der Waals surface area contributed by atoms with Crippen molar-refractivity contribution in [3.63, 3.8) is 0 Å². The van der Waals surface area contributed by atoms with Gasteiger partial charge in [0.05, 0.1) is 0 Å². The van der Waals surface area contributed by atoms with Crippen molar-refractivity contribution in [2.45, 2.75) is 0 Å². The van der Waals surface area contributed by atoms with Gasteiger partial charge in [-0.1, -0.05) is 113 Å². The maximum atomic E-state index is 6.37. The zero-order valence-electron chi connectivity index (χ0n) is 28.4. The lowest BCUT2D eigenvalue weighted by molar-refractivity contribution is 0.668. The second-order valence-corrected chi connectivity index (χ2v) is 16.5. The van der Waals surface area contributed by atoms with Crippen LogP contribution >= 0.6 is 38.5 Å². The summed E-state index contributed by atoms with van der Waals surface area (Å²) in [7, 11) is 0. The zero-order valence-corrected chi connectivity index (χ0v) is 32.2. The third kappa shape index (κ3) is 3.70. The second kappa shape index (κ2) is 10.5. The Balaban J connectivity index is 1.33. The van der Waals surface area contributed by atoms with Gasteiger partial charge in [0.25, 0.3) is 0 Å². The normalized spacial score (nSPS) is 12.6. The zero-order chi connectivity index (χ0) is 35.4. The number of fused-ring (bicyclic) bond motifs is 12. The summed E-state index contributed by atoms with van der Waals surface area (Å²) in [6, 6.07) is 53.2. The van der Waals surface area contributed by atoms with E-state index in [2.05, 4.69) is 172 Å². The van der Waals surface area contributed by atoms with Crippen molar-refractivity contribution in [3.8, 4) is 22.3 Å². The number of hydrogen-bond donors (Lipinski definition) is 0. The van der Waals surface area contributed by atoms with E-state index in [1.165, 1.54) is 90.5 Å². The molecule has 0 spiro atoms. The van der Waals surface area contributed by atoms with Gasteiger partial charge in [0, 0.05) is 29.6 Å². The first-order valence-corrected chi connectivity index (χ1v) is 20.0. The molecule has 0 saturated heterocycles. The van der Waals surface area contributed by atoms with Crippen molar-refractivity contribution in [1.82, 2.24) is 0 Å². The molecule has 0 aliphatic carbocycles. The summed E-state index contributed by atoms with van der Waals surface area (Å²) < 4.78 is 15.1. The van der Waals surface area contributed by atoms with E-state index in [0.717, 1.165) is 48.3 Å². The van der Waals surface area contributed by atoms with Crippen molar-refractivity contribution in [2.75, 3.05) is 0 Å². The highest BCUT2D eigenvalue weighted by Crippen LogP contribution is 2.56. The minimum Gasteiger partial charge on any atom is -0.456 e. The summed E-state index contributed by atoms with van der Waals surface area (Å²) in [5.41, 5.74) is 8.53. The van der Waals surface area contributed by atoms with E-state index >= 15 is 0 Å². The van der Waals surface area contributed by atoms with Gasteiger partial charge in [0.15, 0.2) is 0 Å². The Kier molecular flexibility index (Phi) is 5.78. The molecule has 11 aromatic carbocycles. The molecule has 2 heterocycles. The SMILES string of the molecule is Brc1ccc2c3c(-c4ccc5oc6ccccc6c5c4)c4c5cccc6c(I)ccc(c4c(-c4ccc7oc8ccccc8c7c4)c3c3cccc1c23)c65. The molecule has 250 valence electrons. The van der Waals surface area contributed by atoms with Gasteiger partial charge in [-0.15, -0.1) is 0 Å². The molecular formula is C50H24BrIO2. The lowest BCUT2D eigenvalue weighted by atomic mass is 9.86. The van der Waals surface area contributed by atoms with E-state index < -0.39 is 0 Å². The highest BCUT2D eigenvalue weighted by Gasteiger charge is 2.28. The van der Waals surface area contributed by atoms with Gasteiger partial charge in [0.1, 0.15) is 22.3 Å². The van der Waals surface area contributed by atoms with Gasteiger partial charge in [0.2, 0.25) is 0 Å². The Hall–Kier alpha value is -5.69. The fraction of sp³-hybridized carbons (Fsp3) is 0. The van der Waals surface area contributed by atoms with Crippen molar-refractivity contribution >= 4 is 147 Å². The van der Waals surface area contributed by atoms with Crippen molar-refractivity contribution < 1.29 is 8.83 Å². The van der Waals surface area contributed by atoms with Crippen LogP contribution in [0.15, 0.2) is 159 Å². The van der Waals surface area contributed by atoms with Crippen molar-refractivity contribution in [2.24, 2.45) is 0 Å². The van der Waals surface area contributed by atoms with E-state index in [0.29, 0.717) is 0 Å². The van der Waals surface area contributed by atoms with E-state index in [9.17, 15) is 0 Å². The fourth-order valence-electron chi connectivity index (χ4n) is 9.74. The summed E-state index contributed by atoms with van der Waals surface area (Å²) in [6.45, 7) is 0. The summed E-state index contributed by atoms with van der Waals surface area (Å²) in [4.78, 5) is 0. The third-order valence-electron chi connectivity index (χ3n) is 11.9. The molecule has 2 nitrogen and oxygen atoms in total. The minimum absolute atomic E-state index is 0.903. The van der Waals surface area contributed by atoms with Crippen LogP contribution in [0.5, 0.6) is 0 Å². The van der Waals surface area contributed by atoms with Gasteiger partial charge in [-0.3, -0.25) is 0 Å². The summed E-state index contributed by atoms with van der Waals surface area (Å²) in [5, 5.41) is 19.9. The molecular weight excluding hydrogens is 839 g/mol. The van der Waals surface area contributed by atoms with Crippen LogP contribution in [0.3, 0.4) is 0 Å². The monoisotopic (exact) mass is 862 g/mol. The standard InChI is InChI=1S/C50H24BrIO2/c51-37-19-17-33-45-29(37)9-5-11-31(45)47-43(25-15-21-41-35(23-25)27-7-1-3-13-39(27)53-41)50-34-18-20-38(52)30-10-6-12-32(46(30)34)48(50)44(49(33)47)26-16-22-42-36(24-26)28-8-2-4-14-40(28)54-42/h1-24H. The molecule has 13 aromatic rings. The first-order chi connectivity index (χ1) is 26.6. The second-order valence-electron chi connectivity index (χ2n) is 14.5. The summed E-state index contributed by atoms with van der Waals surface area (Å²) in [6.07, 6.45) is 0. The average Bonchev–Trinajstić information content (AvgIpc) is 3.96. The van der Waals surface area contributed by atoms with Crippen LogP contribution < -0.4 is 0 Å². The van der Waals surface area contributed by atoms with Crippen LogP contribution in [0, 0.1) is 3.57 Å². The Morgan fingerprint density at radius 2 is 0.759 bits per heavy atom. The third-order valence-corrected chi connectivity index (χ3v) is 13.5. The van der Waals surface area contributed by atoms with E-state index in [1.54, 1.807) is 0 Å². The van der Waals surface area contributed by atoms with Gasteiger partial charge in [-0.25, -0.2) is 0 Å². The van der Waals surface area contributed by atoms with Crippen LogP contribution in [-0.2, 0) is 0 Å². The predicted molar refractivity (Wildman–Crippen MR) is 240 cm³/mol. The van der Waals surface area contributed by atoms with Gasteiger partial charge < -0.3 is 8.83 Å². The molecule has 54 heavy (non-hydrogen) atoms. The van der Waals surface area contributed by atoms with Crippen LogP contribution in [0.4, 0.5) is 0 Å². The Labute approximate surface area is 329 Å². The summed E-state index contributed by atoms with van der Waals surface area (Å²) in [5.74, 6) is 0. The number of hydrogen-bond acceptors (Lipinski definition) is 2. The molecule has 13 rings (SSSR count). The minimum atomic E-state index is 0.903. The maximum absolute atomic E-state index is 6.37. The lowest BCUT2D eigenvalue weighted by Gasteiger charge is -2.16. The van der Waals surface area contributed by atoms with Crippen molar-refractivity contribution in [1.29, 1.82) is 0 Å². The number of benzene rings is 9. The molecule has 0 aliphatic heterocycles. The molecule has 0 saturated carbocycles. The molecule has 0 N–H and O–H groups in total. The van der Waals surface area contributed by atoms with Gasteiger partial charge in [-0.05, 0) is 158 Å². The molecule has 0 amide bonds.